The Labute approximate surface area is 623 Å². The normalized spacial score (nSPS) is 53.7. The van der Waals surface area contributed by atoms with Crippen LogP contribution in [-0.2, 0) is 9.59 Å². The van der Waals surface area contributed by atoms with Crippen LogP contribution in [0.1, 0.15) is 390 Å². The molecule has 16 rings (SSSR count). The number of rotatable bonds is 6. The molecule has 0 amide bonds. The third kappa shape index (κ3) is 13.6. The molecule has 7 heteroatoms. The van der Waals surface area contributed by atoms with Crippen molar-refractivity contribution < 1.29 is 35.1 Å². The monoisotopic (exact) mass is 1410 g/mol. The Morgan fingerprint density at radius 1 is 0.396 bits per heavy atom. The Hall–Kier alpha value is -1.12. The lowest BCUT2D eigenvalue weighted by atomic mass is 9.42. The Morgan fingerprint density at radius 3 is 1.09 bits per heavy atom. The summed E-state index contributed by atoms with van der Waals surface area (Å²) in [5.41, 5.74) is 3.20. The van der Waals surface area contributed by atoms with Crippen molar-refractivity contribution in [2.75, 3.05) is 0 Å². The Balaban J connectivity index is 0.000000155. The standard InChI is InChI=1S/C23H40O2.C23H38O2.C23H38O.C21H34O2.4CH4/c2*1-5-23-13-12-21(3,25)14-16(23)6-7-17-19-9-8-18(15(2)24)22(19,4)11-10-20(17)23;1-5-16-8-10-19-18-9-7-17-15-21(3,24)13-14-23(17,6-2)20(18)11-12-22(16,19)4;1-4-21-12-11-19(2,23)13-14(21)5-6-15-16-7-8-18(22)20(16,3)10-9-17(15)21;;;;/h15-20,24-25H,5-14H2,1-4H3;16-20,25H,5-14H2,1-4H3;5,17-20,24H,6-15H2,1-4H3;14-17,23H,4-13H2,1-3H3;4*1H4/t15?,16-,17-,18+,19-,20-,21?,22+,23-;16-,17-,18+,19-,20-,21+,22+,23-;17-,18-,19-,20-,21+,22+,23-;14-,15-,16-,17-,19+,20-,21-;;;;/m0000..../s1. The number of aliphatic hydroxyl groups is 5. The van der Waals surface area contributed by atoms with Crippen LogP contribution in [-0.4, -0.2) is 65.6 Å². The predicted octanol–water partition coefficient (Wildman–Crippen LogP) is 23.9. The van der Waals surface area contributed by atoms with Gasteiger partial charge < -0.3 is 25.5 Å². The topological polar surface area (TPSA) is 135 Å². The van der Waals surface area contributed by atoms with Gasteiger partial charge in [0.2, 0.25) is 0 Å². The summed E-state index contributed by atoms with van der Waals surface area (Å²) in [5, 5.41) is 53.0. The molecule has 0 aliphatic heterocycles. The van der Waals surface area contributed by atoms with E-state index in [0.29, 0.717) is 67.7 Å². The van der Waals surface area contributed by atoms with Gasteiger partial charge in [0.05, 0.1) is 28.5 Å². The molecule has 0 saturated heterocycles. The average molecular weight is 1410 g/mol. The van der Waals surface area contributed by atoms with Crippen LogP contribution in [0, 0.1) is 150 Å². The van der Waals surface area contributed by atoms with Crippen LogP contribution in [0.3, 0.4) is 0 Å². The molecule has 584 valence electrons. The third-order valence-electron chi connectivity index (χ3n) is 38.3. The molecule has 0 bridgehead atoms. The molecule has 5 N–H and O–H groups in total. The minimum absolute atomic E-state index is 0. The van der Waals surface area contributed by atoms with Gasteiger partial charge in [0.25, 0.3) is 0 Å². The first-order chi connectivity index (χ1) is 45.7. The van der Waals surface area contributed by atoms with E-state index >= 15 is 0 Å². The minimum Gasteiger partial charge on any atom is -0.393 e. The molecule has 0 spiro atoms. The van der Waals surface area contributed by atoms with Gasteiger partial charge in [-0.15, -0.1) is 0 Å². The summed E-state index contributed by atoms with van der Waals surface area (Å²) in [6, 6.07) is 0. The third-order valence-corrected chi connectivity index (χ3v) is 38.3. The van der Waals surface area contributed by atoms with Crippen LogP contribution in [0.4, 0.5) is 0 Å². The van der Waals surface area contributed by atoms with Gasteiger partial charge in [-0.3, -0.25) is 9.59 Å². The number of ketones is 2. The second kappa shape index (κ2) is 29.9. The SMILES string of the molecule is C.C.C.C.CC=C1CC[C@H]2[C@@H]3CC[C@H]4C[C@](C)(O)CC[C@]4(CC)[C@H]3CC[C@]12C.CC[C@]12CCC(C)(O)C[C@@H]1CC[C@H]1[C@@H]3CC[C@H](C(C)O)[C@@]3(C)CC[C@@H]12.CC[C@]12CC[C@@](C)(O)C[C@@H]1CC[C@@H]1[C@@H]2CC[C@]2(C)C(=O)CC[C@@H]12.CC[C@]12CC[C@@](C)(O)C[C@@H]1CC[C@H]1[C@@H]3CC[C@H](C(C)=O)[C@@]3(C)CC[C@@H]12. The Bertz CT molecular complexity index is 2860. The van der Waals surface area contributed by atoms with Crippen LogP contribution >= 0.6 is 0 Å². The van der Waals surface area contributed by atoms with E-state index in [1.54, 1.807) is 5.57 Å². The molecule has 16 aliphatic carbocycles. The summed E-state index contributed by atoms with van der Waals surface area (Å²) in [7, 11) is 0. The lowest BCUT2D eigenvalue weighted by molar-refractivity contribution is -0.158. The minimum atomic E-state index is -0.442. The van der Waals surface area contributed by atoms with Crippen molar-refractivity contribution in [3.8, 4) is 0 Å². The lowest BCUT2D eigenvalue weighted by Gasteiger charge is -2.63. The summed E-state index contributed by atoms with van der Waals surface area (Å²) in [6.07, 6.45) is 51.6. The largest absolute Gasteiger partial charge is 0.393 e. The zero-order valence-electron chi connectivity index (χ0n) is 65.4. The fourth-order valence-corrected chi connectivity index (χ4v) is 33.4. The van der Waals surface area contributed by atoms with E-state index in [2.05, 4.69) is 89.2 Å². The molecule has 16 aliphatic rings. The molecule has 0 aromatic heterocycles. The fourth-order valence-electron chi connectivity index (χ4n) is 33.4. The van der Waals surface area contributed by atoms with Crippen molar-refractivity contribution in [2.24, 2.45) is 150 Å². The van der Waals surface area contributed by atoms with Crippen molar-refractivity contribution in [3.63, 3.8) is 0 Å². The Kier molecular flexibility index (Phi) is 24.9. The van der Waals surface area contributed by atoms with Crippen LogP contribution in [0.25, 0.3) is 0 Å². The number of aliphatic hydroxyl groups excluding tert-OH is 1. The van der Waals surface area contributed by atoms with E-state index in [0.717, 1.165) is 160 Å². The highest BCUT2D eigenvalue weighted by Crippen LogP contribution is 2.74. The average Bonchev–Trinajstić information content (AvgIpc) is 1.66. The number of fused-ring (bicyclic) bond motifs is 20. The highest BCUT2D eigenvalue weighted by Gasteiger charge is 2.67. The van der Waals surface area contributed by atoms with Crippen LogP contribution in [0.2, 0.25) is 0 Å². The first-order valence-corrected chi connectivity index (χ1v) is 42.9. The molecular formula is C94H166O7. The predicted molar refractivity (Wildman–Crippen MR) is 423 cm³/mol. The summed E-state index contributed by atoms with van der Waals surface area (Å²) in [6.45, 7) is 33.9. The Morgan fingerprint density at radius 2 is 0.723 bits per heavy atom. The van der Waals surface area contributed by atoms with Crippen LogP contribution in [0.15, 0.2) is 11.6 Å². The maximum atomic E-state index is 12.5. The maximum Gasteiger partial charge on any atom is 0.139 e. The molecule has 16 fully saturated rings. The fraction of sp³-hybridized carbons (Fsp3) is 0.957. The van der Waals surface area contributed by atoms with Crippen molar-refractivity contribution in [3.05, 3.63) is 11.6 Å². The summed E-state index contributed by atoms with van der Waals surface area (Å²) >= 11 is 0. The van der Waals surface area contributed by atoms with Gasteiger partial charge in [-0.05, 0) is 437 Å². The lowest BCUT2D eigenvalue weighted by Crippen LogP contribution is -2.56. The van der Waals surface area contributed by atoms with E-state index in [1.165, 1.54) is 180 Å². The second-order valence-electron chi connectivity index (χ2n) is 41.7. The van der Waals surface area contributed by atoms with E-state index in [4.69, 9.17) is 0 Å². The van der Waals surface area contributed by atoms with Crippen LogP contribution in [0.5, 0.6) is 0 Å². The maximum absolute atomic E-state index is 12.5. The van der Waals surface area contributed by atoms with Gasteiger partial charge >= 0.3 is 0 Å². The molecule has 7 nitrogen and oxygen atoms in total. The number of carbonyl (C=O) groups excluding carboxylic acids is 2. The molecular weight excluding hydrogens is 1240 g/mol. The zero-order valence-corrected chi connectivity index (χ0v) is 65.4. The number of carbonyl (C=O) groups is 2. The highest BCUT2D eigenvalue weighted by molar-refractivity contribution is 5.87. The van der Waals surface area contributed by atoms with Crippen LogP contribution < -0.4 is 0 Å². The molecule has 0 heterocycles. The number of hydrogen-bond donors (Lipinski definition) is 5. The number of Topliss-reactive ketones (excluding diaryl/α,β-unsaturated/α-hetero) is 2. The van der Waals surface area contributed by atoms with Crippen molar-refractivity contribution in [1.82, 2.24) is 0 Å². The smallest absolute Gasteiger partial charge is 0.139 e. The molecule has 31 atom stereocenters. The van der Waals surface area contributed by atoms with Gasteiger partial charge in [-0.25, -0.2) is 0 Å². The van der Waals surface area contributed by atoms with E-state index < -0.39 is 22.4 Å². The quantitative estimate of drug-likeness (QED) is 0.167. The molecule has 0 aromatic carbocycles. The van der Waals surface area contributed by atoms with Crippen molar-refractivity contribution in [1.29, 1.82) is 0 Å². The van der Waals surface area contributed by atoms with Gasteiger partial charge in [0.1, 0.15) is 11.6 Å². The first kappa shape index (κ1) is 83.9. The second-order valence-corrected chi connectivity index (χ2v) is 41.7. The van der Waals surface area contributed by atoms with E-state index in [9.17, 15) is 35.1 Å². The van der Waals surface area contributed by atoms with Crippen molar-refractivity contribution >= 4 is 11.6 Å². The summed E-state index contributed by atoms with van der Waals surface area (Å²) < 4.78 is 0. The highest BCUT2D eigenvalue weighted by atomic mass is 16.3. The van der Waals surface area contributed by atoms with Gasteiger partial charge in [0, 0.05) is 17.8 Å². The van der Waals surface area contributed by atoms with Gasteiger partial charge in [-0.2, -0.15) is 0 Å². The zero-order chi connectivity index (χ0) is 69.7. The van der Waals surface area contributed by atoms with E-state index in [-0.39, 0.29) is 46.6 Å². The number of allylic oxidation sites excluding steroid dienone is 2. The molecule has 0 radical (unpaired) electrons. The molecule has 2 unspecified atom stereocenters. The molecule has 16 saturated carbocycles. The first-order valence-electron chi connectivity index (χ1n) is 42.9. The van der Waals surface area contributed by atoms with Gasteiger partial charge in [-0.1, -0.05) is 96.7 Å². The van der Waals surface area contributed by atoms with Gasteiger partial charge in [0.15, 0.2) is 0 Å². The number of hydrogen-bond acceptors (Lipinski definition) is 7. The van der Waals surface area contributed by atoms with Crippen molar-refractivity contribution in [2.45, 2.75) is 419 Å². The summed E-state index contributed by atoms with van der Waals surface area (Å²) in [4.78, 5) is 24.7. The molecule has 101 heavy (non-hydrogen) atoms. The summed E-state index contributed by atoms with van der Waals surface area (Å²) in [5.74, 6) is 14.9. The van der Waals surface area contributed by atoms with E-state index in [1.807, 2.05) is 20.8 Å². The molecule has 0 aromatic rings.